The third-order valence-corrected chi connectivity index (χ3v) is 3.24. The second-order valence-electron chi connectivity index (χ2n) is 4.16. The summed E-state index contributed by atoms with van der Waals surface area (Å²) in [5.74, 6) is -2.22. The van der Waals surface area contributed by atoms with Gasteiger partial charge in [0.15, 0.2) is 11.6 Å². The largest absolute Gasteiger partial charge is 0.376 e. The van der Waals surface area contributed by atoms with Crippen LogP contribution in [-0.4, -0.2) is 0 Å². The highest BCUT2D eigenvalue weighted by molar-refractivity contribution is 9.10. The number of halogens is 4. The van der Waals surface area contributed by atoms with Gasteiger partial charge in [-0.05, 0) is 42.8 Å². The zero-order chi connectivity index (χ0) is 14.0. The molecule has 0 aliphatic heterocycles. The molecule has 0 aliphatic rings. The number of nitrogens with one attached hydrogen (secondary N) is 1. The summed E-state index contributed by atoms with van der Waals surface area (Å²) in [7, 11) is 0. The smallest absolute Gasteiger partial charge is 0.159 e. The van der Waals surface area contributed by atoms with Crippen LogP contribution in [0.25, 0.3) is 0 Å². The molecule has 0 aromatic heterocycles. The molecule has 0 fully saturated rings. The van der Waals surface area contributed by atoms with Crippen molar-refractivity contribution >= 4 is 21.6 Å². The fraction of sp³-hybridized carbons (Fsp3) is 0.143. The van der Waals surface area contributed by atoms with E-state index in [1.54, 1.807) is 19.1 Å². The van der Waals surface area contributed by atoms with Crippen LogP contribution in [-0.2, 0) is 0 Å². The first-order chi connectivity index (χ1) is 8.97. The summed E-state index contributed by atoms with van der Waals surface area (Å²) in [6, 6.07) is 7.77. The molecule has 0 radical (unpaired) electrons. The van der Waals surface area contributed by atoms with Crippen molar-refractivity contribution in [3.63, 3.8) is 0 Å². The average molecular weight is 330 g/mol. The van der Waals surface area contributed by atoms with E-state index >= 15 is 0 Å². The fourth-order valence-corrected chi connectivity index (χ4v) is 2.07. The van der Waals surface area contributed by atoms with Gasteiger partial charge in [0.25, 0.3) is 0 Å². The fourth-order valence-electron chi connectivity index (χ4n) is 1.71. The van der Waals surface area contributed by atoms with Crippen LogP contribution in [0, 0.1) is 17.5 Å². The molecule has 19 heavy (non-hydrogen) atoms. The predicted molar refractivity (Wildman–Crippen MR) is 72.5 cm³/mol. The molecule has 5 heteroatoms. The van der Waals surface area contributed by atoms with Gasteiger partial charge < -0.3 is 5.32 Å². The summed E-state index contributed by atoms with van der Waals surface area (Å²) in [5, 5.41) is 2.92. The third-order valence-electron chi connectivity index (χ3n) is 2.74. The van der Waals surface area contributed by atoms with E-state index in [1.807, 2.05) is 0 Å². The van der Waals surface area contributed by atoms with E-state index in [9.17, 15) is 13.2 Å². The maximum Gasteiger partial charge on any atom is 0.159 e. The van der Waals surface area contributed by atoms with Gasteiger partial charge in [-0.3, -0.25) is 0 Å². The van der Waals surface area contributed by atoms with E-state index in [0.29, 0.717) is 11.3 Å². The third kappa shape index (κ3) is 3.29. The molecular weight excluding hydrogens is 319 g/mol. The molecule has 2 aromatic carbocycles. The van der Waals surface area contributed by atoms with Crippen LogP contribution < -0.4 is 5.32 Å². The van der Waals surface area contributed by atoms with Gasteiger partial charge in [-0.25, -0.2) is 13.2 Å². The Morgan fingerprint density at radius 3 is 2.32 bits per heavy atom. The molecule has 2 rings (SSSR count). The second kappa shape index (κ2) is 5.65. The van der Waals surface area contributed by atoms with Gasteiger partial charge >= 0.3 is 0 Å². The average Bonchev–Trinajstić information content (AvgIpc) is 2.37. The summed E-state index contributed by atoms with van der Waals surface area (Å²) in [5.41, 5.74) is 0.838. The highest BCUT2D eigenvalue weighted by Crippen LogP contribution is 2.25. The first-order valence-corrected chi connectivity index (χ1v) is 6.43. The van der Waals surface area contributed by atoms with Crippen molar-refractivity contribution < 1.29 is 13.2 Å². The van der Waals surface area contributed by atoms with Crippen molar-refractivity contribution in [2.24, 2.45) is 0 Å². The Bertz CT molecular complexity index is 601. The topological polar surface area (TPSA) is 12.0 Å². The van der Waals surface area contributed by atoms with Crippen LogP contribution in [0.2, 0.25) is 0 Å². The molecule has 1 N–H and O–H groups in total. The lowest BCUT2D eigenvalue weighted by Gasteiger charge is -2.16. The molecule has 0 amide bonds. The van der Waals surface area contributed by atoms with Crippen LogP contribution >= 0.6 is 15.9 Å². The van der Waals surface area contributed by atoms with E-state index < -0.39 is 17.5 Å². The highest BCUT2D eigenvalue weighted by atomic mass is 79.9. The number of rotatable bonds is 3. The summed E-state index contributed by atoms with van der Waals surface area (Å²) in [6.45, 7) is 1.74. The first kappa shape index (κ1) is 13.9. The van der Waals surface area contributed by atoms with Gasteiger partial charge in [0.05, 0.1) is 5.69 Å². The number of benzene rings is 2. The second-order valence-corrected chi connectivity index (χ2v) is 5.08. The van der Waals surface area contributed by atoms with Crippen molar-refractivity contribution in [2.75, 3.05) is 5.32 Å². The van der Waals surface area contributed by atoms with Gasteiger partial charge in [-0.15, -0.1) is 0 Å². The van der Waals surface area contributed by atoms with E-state index in [4.69, 9.17) is 0 Å². The van der Waals surface area contributed by atoms with Crippen molar-refractivity contribution in [3.8, 4) is 0 Å². The Hall–Kier alpha value is -1.49. The summed E-state index contributed by atoms with van der Waals surface area (Å²) in [4.78, 5) is 0. The number of hydrogen-bond donors (Lipinski definition) is 1. The minimum absolute atomic E-state index is 0.298. The van der Waals surface area contributed by atoms with Crippen LogP contribution in [0.5, 0.6) is 0 Å². The molecule has 1 atom stereocenters. The Morgan fingerprint density at radius 1 is 0.947 bits per heavy atom. The van der Waals surface area contributed by atoms with E-state index in [-0.39, 0.29) is 6.04 Å². The molecule has 0 heterocycles. The zero-order valence-corrected chi connectivity index (χ0v) is 11.6. The molecule has 2 aromatic rings. The van der Waals surface area contributed by atoms with Crippen LogP contribution in [0.3, 0.4) is 0 Å². The normalized spacial score (nSPS) is 12.3. The van der Waals surface area contributed by atoms with Gasteiger partial charge in [-0.2, -0.15) is 0 Å². The Balaban J connectivity index is 2.22. The minimum atomic E-state index is -0.916. The first-order valence-electron chi connectivity index (χ1n) is 5.64. The molecule has 0 spiro atoms. The molecule has 0 aliphatic carbocycles. The van der Waals surface area contributed by atoms with Crippen LogP contribution in [0.15, 0.2) is 40.9 Å². The summed E-state index contributed by atoms with van der Waals surface area (Å²) >= 11 is 3.25. The molecular formula is C14H11BrF3N. The predicted octanol–water partition coefficient (Wildman–Crippen LogP) is 5.04. The quantitative estimate of drug-likeness (QED) is 0.831. The standard InChI is InChI=1S/C14H11BrF3N/c1-8(9-2-4-11(16)13(18)6-9)19-14-7-10(15)3-5-12(14)17/h2-8,19H,1H3. The number of hydrogen-bond acceptors (Lipinski definition) is 1. The lowest BCUT2D eigenvalue weighted by Crippen LogP contribution is -2.08. The Kier molecular flexibility index (Phi) is 4.14. The van der Waals surface area contributed by atoms with Crippen molar-refractivity contribution in [3.05, 3.63) is 63.9 Å². The van der Waals surface area contributed by atoms with E-state index in [2.05, 4.69) is 21.2 Å². The molecule has 1 nitrogen and oxygen atoms in total. The van der Waals surface area contributed by atoms with Crippen molar-refractivity contribution in [2.45, 2.75) is 13.0 Å². The van der Waals surface area contributed by atoms with Gasteiger partial charge in [0.2, 0.25) is 0 Å². The lowest BCUT2D eigenvalue weighted by atomic mass is 10.1. The van der Waals surface area contributed by atoms with Gasteiger partial charge in [0.1, 0.15) is 5.82 Å². The Morgan fingerprint density at radius 2 is 1.63 bits per heavy atom. The lowest BCUT2D eigenvalue weighted by molar-refractivity contribution is 0.506. The van der Waals surface area contributed by atoms with Crippen molar-refractivity contribution in [1.29, 1.82) is 0 Å². The highest BCUT2D eigenvalue weighted by Gasteiger charge is 2.11. The van der Waals surface area contributed by atoms with E-state index in [1.165, 1.54) is 12.1 Å². The molecule has 0 saturated heterocycles. The molecule has 1 unspecified atom stereocenters. The summed E-state index contributed by atoms with van der Waals surface area (Å²) in [6.07, 6.45) is 0. The zero-order valence-electron chi connectivity index (χ0n) is 10.1. The van der Waals surface area contributed by atoms with Gasteiger partial charge in [-0.1, -0.05) is 22.0 Å². The minimum Gasteiger partial charge on any atom is -0.376 e. The maximum atomic E-state index is 13.6. The van der Waals surface area contributed by atoms with Crippen LogP contribution in [0.4, 0.5) is 18.9 Å². The van der Waals surface area contributed by atoms with Crippen molar-refractivity contribution in [1.82, 2.24) is 0 Å². The summed E-state index contributed by atoms with van der Waals surface area (Å²) < 4.78 is 40.3. The molecule has 0 bridgehead atoms. The van der Waals surface area contributed by atoms with Crippen LogP contribution in [0.1, 0.15) is 18.5 Å². The maximum absolute atomic E-state index is 13.6. The molecule has 0 saturated carbocycles. The number of anilines is 1. The van der Waals surface area contributed by atoms with Gasteiger partial charge in [0, 0.05) is 10.5 Å². The monoisotopic (exact) mass is 329 g/mol. The Labute approximate surface area is 117 Å². The van der Waals surface area contributed by atoms with E-state index in [0.717, 1.165) is 16.6 Å². The SMILES string of the molecule is CC(Nc1cc(Br)ccc1F)c1ccc(F)c(F)c1. The molecule has 100 valence electrons.